The van der Waals surface area contributed by atoms with Crippen LogP contribution in [0.5, 0.6) is 5.88 Å². The molecule has 0 bridgehead atoms. The number of fused-ring (bicyclic) bond motifs is 1. The van der Waals surface area contributed by atoms with Crippen LogP contribution < -0.4 is 10.1 Å². The standard InChI is InChI=1S/C15H21N3O2/c1-20-15-11(5-4-8-16-15)14(19)17-12-7-10-18-9-3-2-6-13(12)18/h4-5,8,12-13H,2-3,6-7,9-10H2,1H3,(H,17,19)/t12-,13-/m0/s1. The number of nitrogens with one attached hydrogen (secondary N) is 1. The van der Waals surface area contributed by atoms with E-state index in [-0.39, 0.29) is 11.9 Å². The Morgan fingerprint density at radius 2 is 2.30 bits per heavy atom. The van der Waals surface area contributed by atoms with Crippen LogP contribution in [0.15, 0.2) is 18.3 Å². The quantitative estimate of drug-likeness (QED) is 0.907. The van der Waals surface area contributed by atoms with E-state index in [4.69, 9.17) is 4.74 Å². The van der Waals surface area contributed by atoms with Crippen LogP contribution in [0, 0.1) is 0 Å². The van der Waals surface area contributed by atoms with Crippen molar-refractivity contribution in [3.05, 3.63) is 23.9 Å². The van der Waals surface area contributed by atoms with Gasteiger partial charge in [-0.15, -0.1) is 0 Å². The first kappa shape index (κ1) is 13.4. The van der Waals surface area contributed by atoms with E-state index in [1.54, 1.807) is 18.3 Å². The summed E-state index contributed by atoms with van der Waals surface area (Å²) in [6, 6.07) is 4.29. The molecule has 2 aliphatic heterocycles. The van der Waals surface area contributed by atoms with E-state index >= 15 is 0 Å². The summed E-state index contributed by atoms with van der Waals surface area (Å²) in [5.74, 6) is 0.316. The highest BCUT2D eigenvalue weighted by atomic mass is 16.5. The molecule has 108 valence electrons. The van der Waals surface area contributed by atoms with Gasteiger partial charge in [0.1, 0.15) is 5.56 Å². The molecule has 2 atom stereocenters. The fraction of sp³-hybridized carbons (Fsp3) is 0.600. The second-order valence-corrected chi connectivity index (χ2v) is 5.53. The molecule has 1 aromatic rings. The summed E-state index contributed by atoms with van der Waals surface area (Å²) in [5.41, 5.74) is 0.518. The zero-order valence-corrected chi connectivity index (χ0v) is 11.8. The van der Waals surface area contributed by atoms with Crippen molar-refractivity contribution in [2.75, 3.05) is 20.2 Å². The van der Waals surface area contributed by atoms with Gasteiger partial charge in [-0.25, -0.2) is 4.98 Å². The average Bonchev–Trinajstić information content (AvgIpc) is 2.90. The number of hydrogen-bond donors (Lipinski definition) is 1. The number of hydrogen-bond acceptors (Lipinski definition) is 4. The van der Waals surface area contributed by atoms with Gasteiger partial charge < -0.3 is 10.1 Å². The zero-order valence-electron chi connectivity index (χ0n) is 11.8. The Bertz CT molecular complexity index is 492. The van der Waals surface area contributed by atoms with Crippen molar-refractivity contribution < 1.29 is 9.53 Å². The molecule has 0 aromatic carbocycles. The number of piperidine rings is 1. The fourth-order valence-corrected chi connectivity index (χ4v) is 3.39. The molecule has 2 saturated heterocycles. The highest BCUT2D eigenvalue weighted by molar-refractivity contribution is 5.96. The molecule has 0 aliphatic carbocycles. The Hall–Kier alpha value is -1.62. The van der Waals surface area contributed by atoms with E-state index in [0.29, 0.717) is 17.5 Å². The Balaban J connectivity index is 1.70. The van der Waals surface area contributed by atoms with Gasteiger partial charge in [0.15, 0.2) is 0 Å². The number of ether oxygens (including phenoxy) is 1. The Morgan fingerprint density at radius 3 is 3.15 bits per heavy atom. The van der Waals surface area contributed by atoms with Crippen molar-refractivity contribution in [3.8, 4) is 5.88 Å². The molecule has 0 radical (unpaired) electrons. The molecule has 5 heteroatoms. The average molecular weight is 275 g/mol. The summed E-state index contributed by atoms with van der Waals surface area (Å²) in [6.07, 6.45) is 6.42. The van der Waals surface area contributed by atoms with Gasteiger partial charge in [0.2, 0.25) is 5.88 Å². The van der Waals surface area contributed by atoms with Crippen LogP contribution in [-0.4, -0.2) is 48.1 Å². The van der Waals surface area contributed by atoms with Crippen molar-refractivity contribution in [2.45, 2.75) is 37.8 Å². The largest absolute Gasteiger partial charge is 0.480 e. The van der Waals surface area contributed by atoms with E-state index in [2.05, 4.69) is 15.2 Å². The summed E-state index contributed by atoms with van der Waals surface area (Å²) >= 11 is 0. The van der Waals surface area contributed by atoms with Gasteiger partial charge in [-0.3, -0.25) is 9.69 Å². The molecule has 20 heavy (non-hydrogen) atoms. The maximum atomic E-state index is 12.4. The van der Waals surface area contributed by atoms with Crippen molar-refractivity contribution in [3.63, 3.8) is 0 Å². The molecule has 0 saturated carbocycles. The minimum atomic E-state index is -0.0765. The molecule has 1 aromatic heterocycles. The lowest BCUT2D eigenvalue weighted by atomic mass is 9.99. The lowest BCUT2D eigenvalue weighted by Crippen LogP contribution is -2.46. The summed E-state index contributed by atoms with van der Waals surface area (Å²) in [4.78, 5) is 19.0. The molecule has 0 unspecified atom stereocenters. The molecule has 3 heterocycles. The number of nitrogens with zero attached hydrogens (tertiary/aromatic N) is 2. The van der Waals surface area contributed by atoms with Crippen LogP contribution >= 0.6 is 0 Å². The highest BCUT2D eigenvalue weighted by Crippen LogP contribution is 2.27. The first-order valence-corrected chi connectivity index (χ1v) is 7.33. The van der Waals surface area contributed by atoms with E-state index in [0.717, 1.165) is 13.0 Å². The Morgan fingerprint density at radius 1 is 1.40 bits per heavy atom. The fourth-order valence-electron chi connectivity index (χ4n) is 3.39. The Labute approximate surface area is 119 Å². The van der Waals surface area contributed by atoms with Crippen molar-refractivity contribution in [2.24, 2.45) is 0 Å². The maximum Gasteiger partial charge on any atom is 0.257 e. The highest BCUT2D eigenvalue weighted by Gasteiger charge is 2.36. The first-order chi connectivity index (χ1) is 9.79. The number of carbonyl (C=O) groups is 1. The van der Waals surface area contributed by atoms with E-state index in [9.17, 15) is 4.79 Å². The SMILES string of the molecule is COc1ncccc1C(=O)N[C@H]1CCN2CCCC[C@@H]12. The summed E-state index contributed by atoms with van der Waals surface area (Å²) in [7, 11) is 1.54. The Kier molecular flexibility index (Phi) is 3.87. The van der Waals surface area contributed by atoms with Crippen molar-refractivity contribution >= 4 is 5.91 Å². The van der Waals surface area contributed by atoms with Crippen LogP contribution in [-0.2, 0) is 0 Å². The molecule has 1 amide bonds. The molecule has 5 nitrogen and oxygen atoms in total. The van der Waals surface area contributed by atoms with Crippen LogP contribution in [0.1, 0.15) is 36.0 Å². The molecular formula is C15H21N3O2. The summed E-state index contributed by atoms with van der Waals surface area (Å²) in [5, 5.41) is 3.17. The van der Waals surface area contributed by atoms with Gasteiger partial charge in [-0.2, -0.15) is 0 Å². The second kappa shape index (κ2) is 5.79. The minimum absolute atomic E-state index is 0.0765. The van der Waals surface area contributed by atoms with Crippen molar-refractivity contribution in [1.82, 2.24) is 15.2 Å². The molecular weight excluding hydrogens is 254 g/mol. The monoisotopic (exact) mass is 275 g/mol. The number of rotatable bonds is 3. The molecule has 0 spiro atoms. The van der Waals surface area contributed by atoms with Crippen molar-refractivity contribution in [1.29, 1.82) is 0 Å². The van der Waals surface area contributed by atoms with Gasteiger partial charge in [0.05, 0.1) is 7.11 Å². The summed E-state index contributed by atoms with van der Waals surface area (Å²) in [6.45, 7) is 2.27. The first-order valence-electron chi connectivity index (χ1n) is 7.33. The lowest BCUT2D eigenvalue weighted by Gasteiger charge is -2.32. The van der Waals surface area contributed by atoms with Gasteiger partial charge in [0, 0.05) is 24.8 Å². The number of methoxy groups -OCH3 is 1. The smallest absolute Gasteiger partial charge is 0.257 e. The van der Waals surface area contributed by atoms with Gasteiger partial charge in [-0.05, 0) is 37.9 Å². The molecule has 2 fully saturated rings. The van der Waals surface area contributed by atoms with Crippen LogP contribution in [0.3, 0.4) is 0 Å². The van der Waals surface area contributed by atoms with Crippen LogP contribution in [0.4, 0.5) is 0 Å². The third-order valence-corrected chi connectivity index (χ3v) is 4.38. The van der Waals surface area contributed by atoms with Crippen LogP contribution in [0.25, 0.3) is 0 Å². The predicted molar refractivity (Wildman–Crippen MR) is 75.9 cm³/mol. The second-order valence-electron chi connectivity index (χ2n) is 5.53. The number of amides is 1. The number of aromatic nitrogens is 1. The number of carbonyl (C=O) groups excluding carboxylic acids is 1. The number of pyridine rings is 1. The zero-order chi connectivity index (χ0) is 13.9. The van der Waals surface area contributed by atoms with Crippen LogP contribution in [0.2, 0.25) is 0 Å². The maximum absolute atomic E-state index is 12.4. The molecule has 1 N–H and O–H groups in total. The third-order valence-electron chi connectivity index (χ3n) is 4.38. The van der Waals surface area contributed by atoms with Gasteiger partial charge in [-0.1, -0.05) is 6.42 Å². The van der Waals surface area contributed by atoms with E-state index in [1.807, 2.05) is 0 Å². The lowest BCUT2D eigenvalue weighted by molar-refractivity contribution is 0.0911. The third kappa shape index (κ3) is 2.50. The molecule has 2 aliphatic rings. The summed E-state index contributed by atoms with van der Waals surface area (Å²) < 4.78 is 5.16. The normalized spacial score (nSPS) is 26.1. The van der Waals surface area contributed by atoms with E-state index < -0.39 is 0 Å². The molecule has 3 rings (SSSR count). The van der Waals surface area contributed by atoms with Gasteiger partial charge in [0.25, 0.3) is 5.91 Å². The van der Waals surface area contributed by atoms with Gasteiger partial charge >= 0.3 is 0 Å². The van der Waals surface area contributed by atoms with E-state index in [1.165, 1.54) is 32.9 Å². The topological polar surface area (TPSA) is 54.5 Å². The minimum Gasteiger partial charge on any atom is -0.480 e. The predicted octanol–water partition coefficient (Wildman–Crippen LogP) is 1.45.